The Balaban J connectivity index is 2.20. The highest BCUT2D eigenvalue weighted by Crippen LogP contribution is 2.45. The van der Waals surface area contributed by atoms with Gasteiger partial charge < -0.3 is 4.74 Å². The summed E-state index contributed by atoms with van der Waals surface area (Å²) >= 11 is 3.62. The van der Waals surface area contributed by atoms with Crippen molar-refractivity contribution in [2.75, 3.05) is 6.61 Å². The fraction of sp³-hybridized carbons (Fsp3) is 0.389. The molecule has 2 atom stereocenters. The largest absolute Gasteiger partial charge is 0.465 e. The smallest absolute Gasteiger partial charge is 0.315 e. The number of rotatable bonds is 4. The zero-order valence-corrected chi connectivity index (χ0v) is 15.5. The molecule has 5 nitrogen and oxygen atoms in total. The molecule has 1 aromatic carbocycles. The number of ether oxygens (including phenoxy) is 1. The number of nitrogens with zero attached hydrogens (tertiary/aromatic N) is 2. The number of fused-ring (bicyclic) bond motifs is 1. The normalized spacial score (nSPS) is 19.8. The van der Waals surface area contributed by atoms with E-state index in [1.165, 1.54) is 0 Å². The van der Waals surface area contributed by atoms with Crippen molar-refractivity contribution >= 4 is 33.4 Å². The minimum atomic E-state index is -0.450. The van der Waals surface area contributed by atoms with Gasteiger partial charge in [0, 0.05) is 21.7 Å². The van der Waals surface area contributed by atoms with Crippen LogP contribution in [0.2, 0.25) is 0 Å². The number of benzene rings is 1. The number of esters is 1. The molecule has 1 aliphatic rings. The first kappa shape index (κ1) is 16.9. The maximum absolute atomic E-state index is 12.8. The monoisotopic (exact) mass is 389 g/mol. The van der Waals surface area contributed by atoms with E-state index in [0.29, 0.717) is 6.61 Å². The molecule has 2 heterocycles. The van der Waals surface area contributed by atoms with Gasteiger partial charge in [0.05, 0.1) is 12.8 Å². The highest BCUT2D eigenvalue weighted by molar-refractivity contribution is 9.10. The number of carbonyl (C=O) groups is 1. The van der Waals surface area contributed by atoms with Gasteiger partial charge in [-0.15, -0.1) is 0 Å². The van der Waals surface area contributed by atoms with Crippen LogP contribution in [0.4, 0.5) is 5.82 Å². The van der Waals surface area contributed by atoms with E-state index < -0.39 is 5.92 Å². The molecule has 3 rings (SSSR count). The molecule has 0 spiro atoms. The molecule has 2 unspecified atom stereocenters. The standard InChI is InChI=1S/C18H20BrN3O2/c1-4-24-18(23)15-14(11-7-5-6-8-13(11)19)12-9-20-22-17(12)21-16(15)10(2)3/h5-10,14-15H,4H2,1-3H3,(H,20,22). The molecule has 0 bridgehead atoms. The first-order valence-corrected chi connectivity index (χ1v) is 8.86. The number of halogens is 1. The van der Waals surface area contributed by atoms with E-state index in [0.717, 1.165) is 27.1 Å². The SMILES string of the molecule is CCOC(=O)C1C(C(C)C)=Nc2[nH]ncc2C1c1ccccc1Br. The number of carbonyl (C=O) groups excluding carboxylic acids is 1. The molecule has 6 heteroatoms. The molecule has 0 saturated heterocycles. The zero-order valence-electron chi connectivity index (χ0n) is 13.9. The highest BCUT2D eigenvalue weighted by Gasteiger charge is 2.42. The van der Waals surface area contributed by atoms with Crippen LogP contribution in [0.3, 0.4) is 0 Å². The van der Waals surface area contributed by atoms with E-state index in [1.807, 2.05) is 45.0 Å². The Morgan fingerprint density at radius 1 is 1.33 bits per heavy atom. The van der Waals surface area contributed by atoms with Gasteiger partial charge in [0.2, 0.25) is 0 Å². The zero-order chi connectivity index (χ0) is 17.3. The van der Waals surface area contributed by atoms with Gasteiger partial charge in [-0.2, -0.15) is 5.10 Å². The highest BCUT2D eigenvalue weighted by atomic mass is 79.9. The minimum absolute atomic E-state index is 0.126. The average molecular weight is 390 g/mol. The summed E-state index contributed by atoms with van der Waals surface area (Å²) in [6, 6.07) is 7.95. The average Bonchev–Trinajstić information content (AvgIpc) is 3.02. The summed E-state index contributed by atoms with van der Waals surface area (Å²) in [6.45, 7) is 6.26. The van der Waals surface area contributed by atoms with Crippen molar-refractivity contribution < 1.29 is 9.53 Å². The van der Waals surface area contributed by atoms with Gasteiger partial charge in [0.25, 0.3) is 0 Å². The second kappa shape index (κ2) is 6.89. The molecule has 1 aromatic heterocycles. The van der Waals surface area contributed by atoms with Gasteiger partial charge in [-0.1, -0.05) is 48.0 Å². The number of H-pyrrole nitrogens is 1. The number of aromatic amines is 1. The molecule has 0 saturated carbocycles. The second-order valence-corrected chi connectivity index (χ2v) is 6.95. The molecule has 2 aromatic rings. The van der Waals surface area contributed by atoms with Crippen molar-refractivity contribution in [1.29, 1.82) is 0 Å². The maximum atomic E-state index is 12.8. The maximum Gasteiger partial charge on any atom is 0.315 e. The third-order valence-corrected chi connectivity index (χ3v) is 4.97. The van der Waals surface area contributed by atoms with Crippen LogP contribution in [0.15, 0.2) is 39.9 Å². The minimum Gasteiger partial charge on any atom is -0.465 e. The van der Waals surface area contributed by atoms with Crippen LogP contribution < -0.4 is 0 Å². The summed E-state index contributed by atoms with van der Waals surface area (Å²) in [5.74, 6) is -0.0181. The van der Waals surface area contributed by atoms with E-state index >= 15 is 0 Å². The van der Waals surface area contributed by atoms with Crippen LogP contribution in [0.25, 0.3) is 0 Å². The number of aliphatic imine (C=N–C) groups is 1. The second-order valence-electron chi connectivity index (χ2n) is 6.09. The van der Waals surface area contributed by atoms with Crippen LogP contribution >= 0.6 is 15.9 Å². The van der Waals surface area contributed by atoms with Gasteiger partial charge in [0.15, 0.2) is 5.82 Å². The molecule has 24 heavy (non-hydrogen) atoms. The summed E-state index contributed by atoms with van der Waals surface area (Å²) in [5.41, 5.74) is 2.78. The number of nitrogens with one attached hydrogen (secondary N) is 1. The van der Waals surface area contributed by atoms with Gasteiger partial charge in [-0.3, -0.25) is 9.89 Å². The van der Waals surface area contributed by atoms with E-state index in [-0.39, 0.29) is 17.8 Å². The van der Waals surface area contributed by atoms with Crippen LogP contribution in [-0.4, -0.2) is 28.5 Å². The van der Waals surface area contributed by atoms with Crippen molar-refractivity contribution in [3.05, 3.63) is 46.1 Å². The first-order chi connectivity index (χ1) is 11.5. The summed E-state index contributed by atoms with van der Waals surface area (Å²) in [6.07, 6.45) is 1.76. The molecule has 0 aliphatic carbocycles. The van der Waals surface area contributed by atoms with Crippen LogP contribution in [0.1, 0.15) is 37.8 Å². The number of aromatic nitrogens is 2. The molecule has 1 N–H and O–H groups in total. The lowest BCUT2D eigenvalue weighted by molar-refractivity contribution is -0.146. The van der Waals surface area contributed by atoms with E-state index in [4.69, 9.17) is 4.74 Å². The van der Waals surface area contributed by atoms with Crippen LogP contribution in [0, 0.1) is 11.8 Å². The van der Waals surface area contributed by atoms with Crippen molar-refractivity contribution in [1.82, 2.24) is 10.2 Å². The van der Waals surface area contributed by atoms with Crippen molar-refractivity contribution in [2.45, 2.75) is 26.7 Å². The Labute approximate surface area is 149 Å². The quantitative estimate of drug-likeness (QED) is 0.795. The molecule has 1 aliphatic heterocycles. The Kier molecular flexibility index (Phi) is 4.85. The van der Waals surface area contributed by atoms with Gasteiger partial charge in [-0.05, 0) is 24.5 Å². The Morgan fingerprint density at radius 2 is 2.08 bits per heavy atom. The number of hydrogen-bond donors (Lipinski definition) is 1. The van der Waals surface area contributed by atoms with Crippen molar-refractivity contribution in [3.63, 3.8) is 0 Å². The van der Waals surface area contributed by atoms with E-state index in [9.17, 15) is 4.79 Å². The van der Waals surface area contributed by atoms with Gasteiger partial charge in [0.1, 0.15) is 5.92 Å². The van der Waals surface area contributed by atoms with Crippen molar-refractivity contribution in [2.24, 2.45) is 16.8 Å². The molecule has 0 amide bonds. The summed E-state index contributed by atoms with van der Waals surface area (Å²) < 4.78 is 6.34. The lowest BCUT2D eigenvalue weighted by Gasteiger charge is -2.32. The molecule has 0 radical (unpaired) electrons. The summed E-state index contributed by atoms with van der Waals surface area (Å²) in [5, 5.41) is 7.09. The predicted octanol–water partition coefficient (Wildman–Crippen LogP) is 4.23. The van der Waals surface area contributed by atoms with Gasteiger partial charge >= 0.3 is 5.97 Å². The van der Waals surface area contributed by atoms with Crippen molar-refractivity contribution in [3.8, 4) is 0 Å². The fourth-order valence-electron chi connectivity index (χ4n) is 3.21. The third-order valence-electron chi connectivity index (χ3n) is 4.25. The number of hydrogen-bond acceptors (Lipinski definition) is 4. The summed E-state index contributed by atoms with van der Waals surface area (Å²) in [4.78, 5) is 17.5. The van der Waals surface area contributed by atoms with Crippen LogP contribution in [-0.2, 0) is 9.53 Å². The first-order valence-electron chi connectivity index (χ1n) is 8.07. The molecule has 126 valence electrons. The van der Waals surface area contributed by atoms with Crippen LogP contribution in [0.5, 0.6) is 0 Å². The lowest BCUT2D eigenvalue weighted by atomic mass is 9.74. The van der Waals surface area contributed by atoms with E-state index in [2.05, 4.69) is 31.1 Å². The Morgan fingerprint density at radius 3 is 2.75 bits per heavy atom. The predicted molar refractivity (Wildman–Crippen MR) is 96.6 cm³/mol. The lowest BCUT2D eigenvalue weighted by Crippen LogP contribution is -2.37. The summed E-state index contributed by atoms with van der Waals surface area (Å²) in [7, 11) is 0. The molecular weight excluding hydrogens is 370 g/mol. The Bertz CT molecular complexity index is 782. The topological polar surface area (TPSA) is 67.3 Å². The van der Waals surface area contributed by atoms with E-state index in [1.54, 1.807) is 6.20 Å². The molecular formula is C18H20BrN3O2. The fourth-order valence-corrected chi connectivity index (χ4v) is 3.74. The third kappa shape index (κ3) is 2.90. The Hall–Kier alpha value is -1.95. The molecule has 0 fully saturated rings. The van der Waals surface area contributed by atoms with Gasteiger partial charge in [-0.25, -0.2) is 4.99 Å².